The first-order chi connectivity index (χ1) is 32.0. The number of pyridine rings is 1. The summed E-state index contributed by atoms with van der Waals surface area (Å²) >= 11 is 0. The van der Waals surface area contributed by atoms with Crippen molar-refractivity contribution in [2.24, 2.45) is 17.3 Å². The molecule has 1 aliphatic carbocycles. The van der Waals surface area contributed by atoms with Crippen molar-refractivity contribution in [3.05, 3.63) is 83.7 Å². The molecule has 4 amide bonds. The van der Waals surface area contributed by atoms with Crippen LogP contribution in [0.25, 0.3) is 33.3 Å². The molecule has 0 spiro atoms. The molecular formula is C52H65N7O8. The minimum atomic E-state index is -1.16. The van der Waals surface area contributed by atoms with Crippen LogP contribution in [0.15, 0.2) is 61.3 Å². The molecule has 356 valence electrons. The maximum Gasteiger partial charge on any atom is 0.324 e. The lowest BCUT2D eigenvalue weighted by Crippen LogP contribution is -2.62. The van der Waals surface area contributed by atoms with E-state index in [1.165, 1.54) is 16.0 Å². The number of nitrogens with zero attached hydrogens (tertiary/aromatic N) is 5. The maximum absolute atomic E-state index is 14.7. The van der Waals surface area contributed by atoms with Gasteiger partial charge in [-0.1, -0.05) is 46.4 Å². The van der Waals surface area contributed by atoms with Crippen LogP contribution >= 0.6 is 0 Å². The lowest BCUT2D eigenvalue weighted by atomic mass is 9.83. The summed E-state index contributed by atoms with van der Waals surface area (Å²) in [6.45, 7) is 15.3. The van der Waals surface area contributed by atoms with Gasteiger partial charge in [-0.3, -0.25) is 34.0 Å². The van der Waals surface area contributed by atoms with E-state index in [9.17, 15) is 29.1 Å². The number of hydrogen-bond acceptors (Lipinski definition) is 10. The minimum absolute atomic E-state index is 0.00417. The van der Waals surface area contributed by atoms with Crippen LogP contribution in [0.5, 0.6) is 5.75 Å². The largest absolute Gasteiger partial charge is 0.508 e. The highest BCUT2D eigenvalue weighted by Gasteiger charge is 2.40. The predicted molar refractivity (Wildman–Crippen MR) is 254 cm³/mol. The second kappa shape index (κ2) is 19.3. The molecule has 6 bridgehead atoms. The number of aromatic nitrogens is 2. The fourth-order valence-electron chi connectivity index (χ4n) is 10.8. The molecule has 2 fully saturated rings. The molecule has 3 N–H and O–H groups in total. The standard InChI is InChI=1S/C52H65N7O8/c1-9-44(61)57-21-18-33(28-57)49(63)56(7)46(30(3)4)48(62)54-41-24-31-22-34(25-35(60)23-31)32-13-15-42-37(26-32)38(27-52(5,6)29-67-51(65)40-12-11-20-59(55-40)50(41)64)47(58(42)10-2)36-17-19-53-39-14-16-43(66-8)45(36)39/h9,13,15,17,19,22-23,25-26,30,33,40-41,43,46,55,60H,1,10-12,14,16,18,20-21,24,27-29H2,2-8H3,(H,54,62)/t33-,40-,41-,43-,46?/m0/s1. The minimum Gasteiger partial charge on any atom is -0.508 e. The molecule has 2 saturated heterocycles. The molecule has 8 rings (SSSR count). The van der Waals surface area contributed by atoms with E-state index in [1.54, 1.807) is 31.2 Å². The molecule has 15 heteroatoms. The number of carbonyl (C=O) groups is 5. The Bertz CT molecular complexity index is 2600. The van der Waals surface area contributed by atoms with Gasteiger partial charge < -0.3 is 34.3 Å². The highest BCUT2D eigenvalue weighted by atomic mass is 16.5. The average molecular weight is 916 g/mol. The van der Waals surface area contributed by atoms with Gasteiger partial charge in [0.05, 0.1) is 24.3 Å². The first kappa shape index (κ1) is 47.4. The predicted octanol–water partition coefficient (Wildman–Crippen LogP) is 5.90. The van der Waals surface area contributed by atoms with Crippen LogP contribution in [0, 0.1) is 17.3 Å². The first-order valence-corrected chi connectivity index (χ1v) is 23.7. The summed E-state index contributed by atoms with van der Waals surface area (Å²) in [5, 5.41) is 16.8. The lowest BCUT2D eigenvalue weighted by Gasteiger charge is -2.37. The van der Waals surface area contributed by atoms with Gasteiger partial charge in [0.25, 0.3) is 5.91 Å². The second-order valence-corrected chi connectivity index (χ2v) is 19.8. The Morgan fingerprint density at radius 1 is 1.09 bits per heavy atom. The van der Waals surface area contributed by atoms with Crippen molar-refractivity contribution in [2.45, 2.75) is 110 Å². The number of rotatable bonds is 9. The topological polar surface area (TPSA) is 176 Å². The molecule has 3 aliphatic heterocycles. The zero-order valence-electron chi connectivity index (χ0n) is 39.9. The Hall–Kier alpha value is -6.06. The number of cyclic esters (lactones) is 1. The summed E-state index contributed by atoms with van der Waals surface area (Å²) < 4.78 is 14.5. The molecule has 1 unspecified atom stereocenters. The SMILES string of the molecule is C=CC(=O)N1CC[C@H](C(=O)N(C)C(C(=O)N[C@H]2Cc3cc(O)cc(c3)-c3ccc4c(c3)c(c(-c3ccnc5c3[C@@H](OC)CC5)n4CC)CC(C)(C)COC(=O)[C@@H]3CCCN(N3)C2=O)C(C)C)C1. The summed E-state index contributed by atoms with van der Waals surface area (Å²) in [5.74, 6) is -2.83. The second-order valence-electron chi connectivity index (χ2n) is 19.8. The average Bonchev–Trinajstić information content (AvgIpc) is 4.05. The van der Waals surface area contributed by atoms with Crippen molar-refractivity contribution >= 4 is 40.5 Å². The van der Waals surface area contributed by atoms with E-state index in [0.29, 0.717) is 44.3 Å². The highest BCUT2D eigenvalue weighted by Crippen LogP contribution is 2.45. The molecule has 0 saturated carbocycles. The van der Waals surface area contributed by atoms with E-state index >= 15 is 0 Å². The molecule has 2 aromatic carbocycles. The van der Waals surface area contributed by atoms with Crippen LogP contribution in [0.4, 0.5) is 0 Å². The number of carbonyl (C=O) groups excluding carboxylic acids is 5. The summed E-state index contributed by atoms with van der Waals surface area (Å²) in [7, 11) is 3.33. The third-order valence-electron chi connectivity index (χ3n) is 14.1. The summed E-state index contributed by atoms with van der Waals surface area (Å²) in [6, 6.07) is 10.7. The van der Waals surface area contributed by atoms with Gasteiger partial charge in [-0.25, -0.2) is 5.43 Å². The molecule has 0 radical (unpaired) electrons. The van der Waals surface area contributed by atoms with E-state index in [2.05, 4.69) is 60.9 Å². The number of fused-ring (bicyclic) bond motifs is 7. The Morgan fingerprint density at radius 3 is 2.61 bits per heavy atom. The van der Waals surface area contributed by atoms with Crippen LogP contribution in [-0.2, 0) is 59.3 Å². The van der Waals surface area contributed by atoms with E-state index in [4.69, 9.17) is 14.5 Å². The zero-order valence-corrected chi connectivity index (χ0v) is 39.9. The molecule has 4 aliphatic rings. The molecule has 15 nitrogen and oxygen atoms in total. The fraction of sp³-hybridized carbons (Fsp3) is 0.500. The van der Waals surface area contributed by atoms with E-state index in [0.717, 1.165) is 62.9 Å². The third-order valence-corrected chi connectivity index (χ3v) is 14.1. The number of aryl methyl sites for hydroxylation is 2. The number of ether oxygens (including phenoxy) is 2. The summed E-state index contributed by atoms with van der Waals surface area (Å²) in [4.78, 5) is 77.3. The number of phenols is 1. The highest BCUT2D eigenvalue weighted by molar-refractivity contribution is 5.96. The zero-order chi connectivity index (χ0) is 47.9. The van der Waals surface area contributed by atoms with Gasteiger partial charge in [-0.15, -0.1) is 0 Å². The van der Waals surface area contributed by atoms with Crippen LogP contribution < -0.4 is 10.7 Å². The number of aromatic hydroxyl groups is 1. The van der Waals surface area contributed by atoms with Gasteiger partial charge in [-0.05, 0) is 110 Å². The van der Waals surface area contributed by atoms with Crippen molar-refractivity contribution in [1.29, 1.82) is 0 Å². The van der Waals surface area contributed by atoms with Crippen molar-refractivity contribution < 1.29 is 38.6 Å². The number of hydrazine groups is 1. The number of hydrogen-bond donors (Lipinski definition) is 3. The van der Waals surface area contributed by atoms with Gasteiger partial charge in [0.15, 0.2) is 0 Å². The third kappa shape index (κ3) is 9.45. The van der Waals surface area contributed by atoms with Crippen LogP contribution in [-0.4, -0.2) is 118 Å². The number of esters is 1. The smallest absolute Gasteiger partial charge is 0.324 e. The van der Waals surface area contributed by atoms with Gasteiger partial charge in [0, 0.05) is 86.1 Å². The van der Waals surface area contributed by atoms with E-state index in [1.807, 2.05) is 32.2 Å². The summed E-state index contributed by atoms with van der Waals surface area (Å²) in [6.07, 6.45) is 6.67. The van der Waals surface area contributed by atoms with Gasteiger partial charge >= 0.3 is 5.97 Å². The Balaban J connectivity index is 1.20. The van der Waals surface area contributed by atoms with Crippen molar-refractivity contribution in [3.8, 4) is 28.1 Å². The number of benzene rings is 2. The number of nitrogens with one attached hydrogen (secondary N) is 2. The molecular weight excluding hydrogens is 851 g/mol. The number of amides is 4. The number of methoxy groups -OCH3 is 1. The quantitative estimate of drug-likeness (QED) is 0.136. The number of phenolic OH excluding ortho intramolecular Hbond substituents is 1. The molecule has 4 aromatic rings. The number of likely N-dealkylation sites (N-methyl/N-ethyl adjacent to an activating group) is 1. The Kier molecular flexibility index (Phi) is 13.6. The normalized spacial score (nSPS) is 22.3. The van der Waals surface area contributed by atoms with Crippen molar-refractivity contribution in [1.82, 2.24) is 35.1 Å². The van der Waals surface area contributed by atoms with Crippen LogP contribution in [0.2, 0.25) is 0 Å². The first-order valence-electron chi connectivity index (χ1n) is 23.7. The molecule has 2 aromatic heterocycles. The molecule has 67 heavy (non-hydrogen) atoms. The van der Waals surface area contributed by atoms with Gasteiger partial charge in [0.2, 0.25) is 17.7 Å². The van der Waals surface area contributed by atoms with E-state index in [-0.39, 0.29) is 55.7 Å². The monoisotopic (exact) mass is 915 g/mol. The Morgan fingerprint density at radius 2 is 1.88 bits per heavy atom. The van der Waals surface area contributed by atoms with Crippen LogP contribution in [0.1, 0.15) is 88.8 Å². The molecule has 5 atom stereocenters. The van der Waals surface area contributed by atoms with Gasteiger partial charge in [-0.2, -0.15) is 0 Å². The fourth-order valence-corrected chi connectivity index (χ4v) is 10.8. The Labute approximate surface area is 392 Å². The van der Waals surface area contributed by atoms with Crippen LogP contribution in [0.3, 0.4) is 0 Å². The number of likely N-dealkylation sites (tertiary alicyclic amines) is 1. The van der Waals surface area contributed by atoms with Crippen molar-refractivity contribution in [3.63, 3.8) is 0 Å². The molecule has 5 heterocycles. The van der Waals surface area contributed by atoms with Gasteiger partial charge in [0.1, 0.15) is 23.9 Å². The van der Waals surface area contributed by atoms with Crippen molar-refractivity contribution in [2.75, 3.05) is 40.4 Å². The lowest BCUT2D eigenvalue weighted by molar-refractivity contribution is -0.155. The van der Waals surface area contributed by atoms with E-state index < -0.39 is 47.2 Å². The maximum atomic E-state index is 14.7. The summed E-state index contributed by atoms with van der Waals surface area (Å²) in [5.41, 5.74) is 11.2.